The molecular weight excluding hydrogens is 262 g/mol. The highest BCUT2D eigenvalue weighted by atomic mass is 35.5. The van der Waals surface area contributed by atoms with Crippen LogP contribution in [0.25, 0.3) is 0 Å². The fraction of sp³-hybridized carbons (Fsp3) is 0.286. The Kier molecular flexibility index (Phi) is 4.58. The summed E-state index contributed by atoms with van der Waals surface area (Å²) in [6.07, 6.45) is 4.29. The zero-order chi connectivity index (χ0) is 13.7. The van der Waals surface area contributed by atoms with Crippen molar-refractivity contribution in [3.05, 3.63) is 41.2 Å². The molecule has 0 saturated heterocycles. The Morgan fingerprint density at radius 1 is 1.32 bits per heavy atom. The summed E-state index contributed by atoms with van der Waals surface area (Å²) in [6.45, 7) is 4.88. The number of benzene rings is 1. The van der Waals surface area contributed by atoms with E-state index in [-0.39, 0.29) is 0 Å². The van der Waals surface area contributed by atoms with Crippen LogP contribution in [0.4, 0.5) is 5.82 Å². The molecule has 1 N–H and O–H groups in total. The Labute approximate surface area is 117 Å². The number of halogens is 1. The van der Waals surface area contributed by atoms with Gasteiger partial charge < -0.3 is 10.1 Å². The Hall–Kier alpha value is -1.81. The van der Waals surface area contributed by atoms with Gasteiger partial charge in [0.2, 0.25) is 5.88 Å². The molecule has 0 radical (unpaired) electrons. The second-order valence-electron chi connectivity index (χ2n) is 4.18. The molecule has 0 atom stereocenters. The molecule has 1 aromatic heterocycles. The second-order valence-corrected chi connectivity index (χ2v) is 4.59. The van der Waals surface area contributed by atoms with Crippen LogP contribution in [0.15, 0.2) is 30.6 Å². The van der Waals surface area contributed by atoms with Crippen molar-refractivity contribution < 1.29 is 4.74 Å². The van der Waals surface area contributed by atoms with E-state index in [0.717, 1.165) is 23.6 Å². The molecule has 0 aliphatic rings. The minimum Gasteiger partial charge on any atom is -0.437 e. The summed E-state index contributed by atoms with van der Waals surface area (Å²) < 4.78 is 5.66. The third-order valence-electron chi connectivity index (χ3n) is 2.52. The van der Waals surface area contributed by atoms with E-state index in [1.807, 2.05) is 19.1 Å². The SMILES string of the molecule is CCCNc1cncc(Oc2ccc(Cl)c(C)c2)n1. The van der Waals surface area contributed by atoms with E-state index < -0.39 is 0 Å². The van der Waals surface area contributed by atoms with Crippen LogP contribution >= 0.6 is 11.6 Å². The predicted octanol–water partition coefficient (Wildman–Crippen LogP) is 4.05. The molecule has 0 unspecified atom stereocenters. The lowest BCUT2D eigenvalue weighted by Gasteiger charge is -2.08. The zero-order valence-electron chi connectivity index (χ0n) is 11.0. The van der Waals surface area contributed by atoms with Crippen molar-refractivity contribution in [2.75, 3.05) is 11.9 Å². The van der Waals surface area contributed by atoms with Crippen molar-refractivity contribution >= 4 is 17.4 Å². The molecule has 0 fully saturated rings. The van der Waals surface area contributed by atoms with Gasteiger partial charge in [0.1, 0.15) is 11.6 Å². The summed E-state index contributed by atoms with van der Waals surface area (Å²) >= 11 is 5.97. The topological polar surface area (TPSA) is 47.0 Å². The number of nitrogens with zero attached hydrogens (tertiary/aromatic N) is 2. The van der Waals surface area contributed by atoms with Gasteiger partial charge in [-0.1, -0.05) is 18.5 Å². The summed E-state index contributed by atoms with van der Waals surface area (Å²) in [5, 5.41) is 3.89. The summed E-state index contributed by atoms with van der Waals surface area (Å²) in [5.74, 6) is 1.87. The van der Waals surface area contributed by atoms with Crippen molar-refractivity contribution in [2.45, 2.75) is 20.3 Å². The Morgan fingerprint density at radius 3 is 2.89 bits per heavy atom. The van der Waals surface area contributed by atoms with Crippen LogP contribution < -0.4 is 10.1 Å². The van der Waals surface area contributed by atoms with Crippen LogP contribution in [-0.2, 0) is 0 Å². The molecule has 4 nitrogen and oxygen atoms in total. The molecule has 0 aliphatic heterocycles. The first kappa shape index (κ1) is 13.6. The minimum absolute atomic E-state index is 0.461. The Balaban J connectivity index is 2.11. The maximum Gasteiger partial charge on any atom is 0.239 e. The lowest BCUT2D eigenvalue weighted by molar-refractivity contribution is 0.460. The molecule has 0 spiro atoms. The van der Waals surface area contributed by atoms with E-state index in [0.29, 0.717) is 17.4 Å². The molecule has 19 heavy (non-hydrogen) atoms. The van der Waals surface area contributed by atoms with Crippen molar-refractivity contribution in [3.8, 4) is 11.6 Å². The lowest BCUT2D eigenvalue weighted by atomic mass is 10.2. The van der Waals surface area contributed by atoms with E-state index in [9.17, 15) is 0 Å². The predicted molar refractivity (Wildman–Crippen MR) is 77.1 cm³/mol. The van der Waals surface area contributed by atoms with Crippen molar-refractivity contribution in [1.82, 2.24) is 9.97 Å². The number of rotatable bonds is 5. The lowest BCUT2D eigenvalue weighted by Crippen LogP contribution is -2.03. The van der Waals surface area contributed by atoms with Crippen LogP contribution in [-0.4, -0.2) is 16.5 Å². The highest BCUT2D eigenvalue weighted by Gasteiger charge is 2.03. The van der Waals surface area contributed by atoms with Crippen molar-refractivity contribution in [1.29, 1.82) is 0 Å². The molecular formula is C14H16ClN3O. The maximum atomic E-state index is 5.97. The van der Waals surface area contributed by atoms with Crippen molar-refractivity contribution in [2.24, 2.45) is 0 Å². The Bertz CT molecular complexity index is 560. The number of aryl methyl sites for hydroxylation is 1. The van der Waals surface area contributed by atoms with Crippen LogP contribution in [0, 0.1) is 6.92 Å². The van der Waals surface area contributed by atoms with Gasteiger partial charge in [-0.2, -0.15) is 4.98 Å². The maximum absolute atomic E-state index is 5.97. The van der Waals surface area contributed by atoms with Gasteiger partial charge in [0.15, 0.2) is 0 Å². The molecule has 0 amide bonds. The fourth-order valence-electron chi connectivity index (χ4n) is 1.54. The highest BCUT2D eigenvalue weighted by molar-refractivity contribution is 6.31. The van der Waals surface area contributed by atoms with Gasteiger partial charge in [-0.05, 0) is 37.1 Å². The first-order valence-corrected chi connectivity index (χ1v) is 6.56. The molecule has 2 rings (SSSR count). The quantitative estimate of drug-likeness (QED) is 0.895. The van der Waals surface area contributed by atoms with Crippen LogP contribution in [0.5, 0.6) is 11.6 Å². The molecule has 100 valence electrons. The molecule has 1 heterocycles. The number of ether oxygens (including phenoxy) is 1. The van der Waals surface area contributed by atoms with Crippen LogP contribution in [0.1, 0.15) is 18.9 Å². The normalized spacial score (nSPS) is 10.3. The van der Waals surface area contributed by atoms with E-state index in [2.05, 4.69) is 22.2 Å². The summed E-state index contributed by atoms with van der Waals surface area (Å²) in [4.78, 5) is 8.43. The standard InChI is InChI=1S/C14H16ClN3O/c1-3-6-17-13-8-16-9-14(18-13)19-11-4-5-12(15)10(2)7-11/h4-5,7-9H,3,6H2,1-2H3,(H,17,18). The van der Waals surface area contributed by atoms with Crippen LogP contribution in [0.3, 0.4) is 0 Å². The van der Waals surface area contributed by atoms with Gasteiger partial charge in [-0.3, -0.25) is 4.98 Å². The van der Waals surface area contributed by atoms with Crippen LogP contribution in [0.2, 0.25) is 5.02 Å². The third-order valence-corrected chi connectivity index (χ3v) is 2.94. The van der Waals surface area contributed by atoms with Crippen molar-refractivity contribution in [3.63, 3.8) is 0 Å². The summed E-state index contributed by atoms with van der Waals surface area (Å²) in [5.41, 5.74) is 0.965. The largest absolute Gasteiger partial charge is 0.437 e. The highest BCUT2D eigenvalue weighted by Crippen LogP contribution is 2.24. The number of hydrogen-bond donors (Lipinski definition) is 1. The number of anilines is 1. The summed E-state index contributed by atoms with van der Waals surface area (Å²) in [7, 11) is 0. The molecule has 5 heteroatoms. The van der Waals surface area contributed by atoms with Gasteiger partial charge in [-0.15, -0.1) is 0 Å². The first-order chi connectivity index (χ1) is 9.19. The number of nitrogens with one attached hydrogen (secondary N) is 1. The number of aromatic nitrogens is 2. The fourth-order valence-corrected chi connectivity index (χ4v) is 1.65. The van der Waals surface area contributed by atoms with Gasteiger partial charge in [-0.25, -0.2) is 0 Å². The molecule has 0 saturated carbocycles. The average Bonchev–Trinajstić information content (AvgIpc) is 2.41. The number of hydrogen-bond acceptors (Lipinski definition) is 4. The molecule has 0 bridgehead atoms. The summed E-state index contributed by atoms with van der Waals surface area (Å²) in [6, 6.07) is 5.48. The first-order valence-electron chi connectivity index (χ1n) is 6.19. The zero-order valence-corrected chi connectivity index (χ0v) is 11.7. The average molecular weight is 278 g/mol. The molecule has 2 aromatic rings. The van der Waals surface area contributed by atoms with E-state index in [4.69, 9.17) is 16.3 Å². The van der Waals surface area contributed by atoms with Gasteiger partial charge in [0, 0.05) is 11.6 Å². The van der Waals surface area contributed by atoms with Gasteiger partial charge in [0.25, 0.3) is 0 Å². The van der Waals surface area contributed by atoms with Gasteiger partial charge >= 0.3 is 0 Å². The second kappa shape index (κ2) is 6.38. The van der Waals surface area contributed by atoms with Gasteiger partial charge in [0.05, 0.1) is 12.4 Å². The molecule has 1 aromatic carbocycles. The van der Waals surface area contributed by atoms with E-state index in [1.54, 1.807) is 18.5 Å². The Morgan fingerprint density at radius 2 is 2.16 bits per heavy atom. The molecule has 0 aliphatic carbocycles. The minimum atomic E-state index is 0.461. The monoisotopic (exact) mass is 277 g/mol. The smallest absolute Gasteiger partial charge is 0.239 e. The third kappa shape index (κ3) is 3.83. The van der Waals surface area contributed by atoms with E-state index >= 15 is 0 Å². The van der Waals surface area contributed by atoms with E-state index in [1.165, 1.54) is 0 Å².